The lowest BCUT2D eigenvalue weighted by Gasteiger charge is -1.95. The lowest BCUT2D eigenvalue weighted by Crippen LogP contribution is -2.16. The number of ketones is 2. The Kier molecular flexibility index (Phi) is 4.05. The zero-order valence-electron chi connectivity index (χ0n) is 10.4. The molecule has 0 aliphatic heterocycles. The predicted molar refractivity (Wildman–Crippen MR) is 67.3 cm³/mol. The zero-order valence-corrected chi connectivity index (χ0v) is 10.4. The van der Waals surface area contributed by atoms with Crippen LogP contribution in [-0.4, -0.2) is 27.6 Å². The van der Waals surface area contributed by atoms with Crippen LogP contribution in [-0.2, 0) is 16.0 Å². The fourth-order valence-electron chi connectivity index (χ4n) is 1.63. The number of nitrogens with zero attached hydrogens (tertiary/aromatic N) is 1. The summed E-state index contributed by atoms with van der Waals surface area (Å²) in [6.45, 7) is 0. The van der Waals surface area contributed by atoms with Crippen molar-refractivity contribution in [2.75, 3.05) is 0 Å². The molecule has 0 atom stereocenters. The van der Waals surface area contributed by atoms with Crippen LogP contribution in [0.2, 0.25) is 0 Å². The summed E-state index contributed by atoms with van der Waals surface area (Å²) in [6, 6.07) is 6.97. The van der Waals surface area contributed by atoms with E-state index in [1.807, 2.05) is 12.1 Å². The van der Waals surface area contributed by atoms with Gasteiger partial charge in [-0.3, -0.25) is 14.6 Å². The number of carboxylic acid groups (broad SMARTS) is 1. The van der Waals surface area contributed by atoms with Gasteiger partial charge in [0.25, 0.3) is 0 Å². The summed E-state index contributed by atoms with van der Waals surface area (Å²) in [5, 5.41) is 8.44. The van der Waals surface area contributed by atoms with Crippen molar-refractivity contribution in [1.29, 1.82) is 0 Å². The molecule has 0 radical (unpaired) electrons. The van der Waals surface area contributed by atoms with E-state index in [-0.39, 0.29) is 5.76 Å². The van der Waals surface area contributed by atoms with Crippen LogP contribution in [0.4, 0.5) is 0 Å². The first-order valence-corrected chi connectivity index (χ1v) is 5.83. The maximum Gasteiger partial charge on any atom is 0.372 e. The molecule has 6 heteroatoms. The maximum atomic E-state index is 11.6. The third kappa shape index (κ3) is 3.38. The van der Waals surface area contributed by atoms with Crippen LogP contribution in [0.1, 0.15) is 28.2 Å². The number of aliphatic carboxylic acids is 1. The average Bonchev–Trinajstić information content (AvgIpc) is 2.88. The van der Waals surface area contributed by atoms with Crippen molar-refractivity contribution in [2.45, 2.75) is 12.8 Å². The molecule has 2 heterocycles. The third-order valence-corrected chi connectivity index (χ3v) is 2.60. The largest absolute Gasteiger partial charge is 0.475 e. The maximum absolute atomic E-state index is 11.6. The standard InChI is InChI=1S/C14H11NO5/c16-11(7-12(17)14(18)19)13-6-9(8-20-13)5-10-3-1-2-4-15-10/h1-4,6,8H,5,7H2,(H,18,19). The summed E-state index contributed by atoms with van der Waals surface area (Å²) < 4.78 is 5.06. The first-order chi connectivity index (χ1) is 9.56. The highest BCUT2D eigenvalue weighted by atomic mass is 16.4. The van der Waals surface area contributed by atoms with E-state index in [4.69, 9.17) is 9.52 Å². The molecule has 0 bridgehead atoms. The molecule has 2 rings (SSSR count). The Morgan fingerprint density at radius 3 is 2.70 bits per heavy atom. The Morgan fingerprint density at radius 2 is 2.05 bits per heavy atom. The molecule has 0 fully saturated rings. The van der Waals surface area contributed by atoms with Gasteiger partial charge in [0.1, 0.15) is 0 Å². The van der Waals surface area contributed by atoms with Gasteiger partial charge < -0.3 is 9.52 Å². The molecule has 1 N–H and O–H groups in total. The summed E-state index contributed by atoms with van der Waals surface area (Å²) in [6.07, 6.45) is 2.84. The molecular weight excluding hydrogens is 262 g/mol. The first-order valence-electron chi connectivity index (χ1n) is 5.83. The Morgan fingerprint density at radius 1 is 1.25 bits per heavy atom. The second-order valence-corrected chi connectivity index (χ2v) is 4.15. The van der Waals surface area contributed by atoms with Crippen LogP contribution < -0.4 is 0 Å². The quantitative estimate of drug-likeness (QED) is 0.486. The Hall–Kier alpha value is -2.76. The van der Waals surface area contributed by atoms with E-state index in [0.29, 0.717) is 6.42 Å². The number of carbonyl (C=O) groups is 3. The number of hydrogen-bond donors (Lipinski definition) is 1. The van der Waals surface area contributed by atoms with Gasteiger partial charge >= 0.3 is 5.97 Å². The molecule has 0 amide bonds. The normalized spacial score (nSPS) is 10.2. The molecule has 0 aliphatic rings. The van der Waals surface area contributed by atoms with Gasteiger partial charge in [0, 0.05) is 18.3 Å². The van der Waals surface area contributed by atoms with Crippen molar-refractivity contribution in [2.24, 2.45) is 0 Å². The number of carboxylic acids is 1. The van der Waals surface area contributed by atoms with E-state index < -0.39 is 24.0 Å². The number of Topliss-reactive ketones (excluding diaryl/α,β-unsaturated/α-hetero) is 2. The van der Waals surface area contributed by atoms with E-state index in [1.54, 1.807) is 12.3 Å². The highest BCUT2D eigenvalue weighted by molar-refractivity contribution is 6.37. The molecule has 0 saturated carbocycles. The number of furan rings is 1. The van der Waals surface area contributed by atoms with Crippen molar-refractivity contribution in [3.8, 4) is 0 Å². The second kappa shape index (κ2) is 5.92. The van der Waals surface area contributed by atoms with Crippen molar-refractivity contribution >= 4 is 17.5 Å². The SMILES string of the molecule is O=C(O)C(=O)CC(=O)c1cc(Cc2ccccn2)co1. The Labute approximate surface area is 114 Å². The van der Waals surface area contributed by atoms with E-state index in [0.717, 1.165) is 11.3 Å². The van der Waals surface area contributed by atoms with Crippen LogP contribution >= 0.6 is 0 Å². The summed E-state index contributed by atoms with van der Waals surface area (Å²) in [5.41, 5.74) is 1.55. The molecule has 0 unspecified atom stereocenters. The fourth-order valence-corrected chi connectivity index (χ4v) is 1.63. The van der Waals surface area contributed by atoms with Gasteiger partial charge in [-0.1, -0.05) is 6.07 Å². The summed E-state index contributed by atoms with van der Waals surface area (Å²) in [7, 11) is 0. The van der Waals surface area contributed by atoms with Crippen LogP contribution in [0.15, 0.2) is 41.1 Å². The van der Waals surface area contributed by atoms with Crippen LogP contribution in [0, 0.1) is 0 Å². The molecule has 0 saturated heterocycles. The van der Waals surface area contributed by atoms with Crippen LogP contribution in [0.5, 0.6) is 0 Å². The van der Waals surface area contributed by atoms with Crippen molar-refractivity contribution in [3.05, 3.63) is 53.7 Å². The molecule has 6 nitrogen and oxygen atoms in total. The highest BCUT2D eigenvalue weighted by Crippen LogP contribution is 2.13. The monoisotopic (exact) mass is 273 g/mol. The first kappa shape index (κ1) is 13.7. The molecule has 2 aromatic rings. The summed E-state index contributed by atoms with van der Waals surface area (Å²) in [4.78, 5) is 37.1. The Bertz CT molecular complexity index is 645. The third-order valence-electron chi connectivity index (χ3n) is 2.60. The summed E-state index contributed by atoms with van der Waals surface area (Å²) in [5.74, 6) is -3.45. The minimum Gasteiger partial charge on any atom is -0.475 e. The van der Waals surface area contributed by atoms with E-state index in [2.05, 4.69) is 4.98 Å². The lowest BCUT2D eigenvalue weighted by atomic mass is 10.1. The van der Waals surface area contributed by atoms with E-state index in [1.165, 1.54) is 12.3 Å². The Balaban J connectivity index is 2.04. The van der Waals surface area contributed by atoms with Gasteiger partial charge in [0.15, 0.2) is 5.76 Å². The zero-order chi connectivity index (χ0) is 14.5. The topological polar surface area (TPSA) is 97.5 Å². The van der Waals surface area contributed by atoms with Gasteiger partial charge in [-0.25, -0.2) is 4.79 Å². The fraction of sp³-hybridized carbons (Fsp3) is 0.143. The molecular formula is C14H11NO5. The smallest absolute Gasteiger partial charge is 0.372 e. The second-order valence-electron chi connectivity index (χ2n) is 4.15. The van der Waals surface area contributed by atoms with Gasteiger partial charge in [-0.2, -0.15) is 0 Å². The average molecular weight is 273 g/mol. The van der Waals surface area contributed by atoms with Gasteiger partial charge in [0.2, 0.25) is 11.6 Å². The number of aromatic nitrogens is 1. The van der Waals surface area contributed by atoms with Gasteiger partial charge in [0.05, 0.1) is 12.7 Å². The lowest BCUT2D eigenvalue weighted by molar-refractivity contribution is -0.148. The van der Waals surface area contributed by atoms with Gasteiger partial charge in [-0.05, 0) is 23.8 Å². The predicted octanol–water partition coefficient (Wildman–Crippen LogP) is 1.49. The molecule has 20 heavy (non-hydrogen) atoms. The molecule has 0 spiro atoms. The highest BCUT2D eigenvalue weighted by Gasteiger charge is 2.20. The summed E-state index contributed by atoms with van der Waals surface area (Å²) >= 11 is 0. The number of pyridine rings is 1. The van der Waals surface area contributed by atoms with Crippen molar-refractivity contribution < 1.29 is 23.9 Å². The van der Waals surface area contributed by atoms with Crippen LogP contribution in [0.25, 0.3) is 0 Å². The molecule has 2 aromatic heterocycles. The number of hydrogen-bond acceptors (Lipinski definition) is 5. The van der Waals surface area contributed by atoms with Crippen molar-refractivity contribution in [3.63, 3.8) is 0 Å². The van der Waals surface area contributed by atoms with E-state index in [9.17, 15) is 14.4 Å². The minimum absolute atomic E-state index is 0.0227. The van der Waals surface area contributed by atoms with Crippen molar-refractivity contribution in [1.82, 2.24) is 4.98 Å². The number of rotatable bonds is 6. The van der Waals surface area contributed by atoms with Crippen LogP contribution in [0.3, 0.4) is 0 Å². The van der Waals surface area contributed by atoms with E-state index >= 15 is 0 Å². The molecule has 0 aliphatic carbocycles. The molecule has 102 valence electrons. The number of carbonyl (C=O) groups excluding carboxylic acids is 2. The molecule has 0 aromatic carbocycles. The minimum atomic E-state index is -1.63. The van der Waals surface area contributed by atoms with Gasteiger partial charge in [-0.15, -0.1) is 0 Å².